The third kappa shape index (κ3) is 2.16. The van der Waals surface area contributed by atoms with Crippen LogP contribution in [0, 0.1) is 25.2 Å². The first-order chi connectivity index (χ1) is 9.47. The minimum atomic E-state index is -0.157. The van der Waals surface area contributed by atoms with Crippen LogP contribution in [0.1, 0.15) is 27.3 Å². The Kier molecular flexibility index (Phi) is 3.57. The number of aromatic nitrogens is 2. The number of hydrogen-bond donors (Lipinski definition) is 0. The second-order valence-corrected chi connectivity index (χ2v) is 4.66. The van der Waals surface area contributed by atoms with Crippen LogP contribution in [0.25, 0.3) is 0 Å². The predicted molar refractivity (Wildman–Crippen MR) is 76.6 cm³/mol. The van der Waals surface area contributed by atoms with Gasteiger partial charge in [0, 0.05) is 19.8 Å². The van der Waals surface area contributed by atoms with Crippen molar-refractivity contribution < 1.29 is 4.79 Å². The minimum absolute atomic E-state index is 0.157. The van der Waals surface area contributed by atoms with E-state index in [0.717, 1.165) is 5.69 Å². The van der Waals surface area contributed by atoms with E-state index in [9.17, 15) is 4.79 Å². The summed E-state index contributed by atoms with van der Waals surface area (Å²) in [6, 6.07) is 9.15. The monoisotopic (exact) mass is 268 g/mol. The topological polar surface area (TPSA) is 61.9 Å². The average molecular weight is 268 g/mol. The summed E-state index contributed by atoms with van der Waals surface area (Å²) in [5.41, 5.74) is 3.16. The van der Waals surface area contributed by atoms with Gasteiger partial charge in [0.1, 0.15) is 6.07 Å². The highest BCUT2D eigenvalue weighted by molar-refractivity contribution is 6.07. The van der Waals surface area contributed by atoms with Crippen molar-refractivity contribution in [3.05, 3.63) is 46.8 Å². The fourth-order valence-corrected chi connectivity index (χ4v) is 2.22. The molecular formula is C15H16N4O. The Morgan fingerprint density at radius 1 is 1.35 bits per heavy atom. The summed E-state index contributed by atoms with van der Waals surface area (Å²) in [4.78, 5) is 14.1. The molecule has 1 amide bonds. The van der Waals surface area contributed by atoms with E-state index in [-0.39, 0.29) is 5.91 Å². The SMILES string of the molecule is Cc1nn(C)c(C)c1C(=O)N(C)c1ccccc1C#N. The highest BCUT2D eigenvalue weighted by atomic mass is 16.2. The summed E-state index contributed by atoms with van der Waals surface area (Å²) >= 11 is 0. The highest BCUT2D eigenvalue weighted by Gasteiger charge is 2.22. The molecule has 1 aromatic carbocycles. The smallest absolute Gasteiger partial charge is 0.261 e. The maximum absolute atomic E-state index is 12.6. The molecule has 20 heavy (non-hydrogen) atoms. The zero-order valence-electron chi connectivity index (χ0n) is 12.0. The van der Waals surface area contributed by atoms with E-state index in [1.165, 1.54) is 4.90 Å². The highest BCUT2D eigenvalue weighted by Crippen LogP contribution is 2.22. The standard InChI is InChI=1S/C15H16N4O/c1-10-14(11(2)19(4)17-10)15(20)18(3)13-8-6-5-7-12(13)9-16/h5-8H,1-4H3. The summed E-state index contributed by atoms with van der Waals surface area (Å²) in [5.74, 6) is -0.157. The van der Waals surface area contributed by atoms with Crippen molar-refractivity contribution in [1.82, 2.24) is 9.78 Å². The number of nitrogens with zero attached hydrogens (tertiary/aromatic N) is 4. The van der Waals surface area contributed by atoms with Crippen LogP contribution in [-0.2, 0) is 7.05 Å². The molecule has 0 saturated carbocycles. The maximum atomic E-state index is 12.6. The molecule has 1 heterocycles. The van der Waals surface area contributed by atoms with Crippen LogP contribution in [0.4, 0.5) is 5.69 Å². The quantitative estimate of drug-likeness (QED) is 0.838. The lowest BCUT2D eigenvalue weighted by atomic mass is 10.1. The number of aryl methyl sites for hydroxylation is 2. The molecule has 0 atom stereocenters. The van der Waals surface area contributed by atoms with Gasteiger partial charge in [0.2, 0.25) is 0 Å². The largest absolute Gasteiger partial charge is 0.310 e. The number of anilines is 1. The molecule has 0 spiro atoms. The third-order valence-electron chi connectivity index (χ3n) is 3.41. The minimum Gasteiger partial charge on any atom is -0.310 e. The van der Waals surface area contributed by atoms with Gasteiger partial charge in [-0.25, -0.2) is 0 Å². The van der Waals surface area contributed by atoms with E-state index < -0.39 is 0 Å². The lowest BCUT2D eigenvalue weighted by Crippen LogP contribution is -2.28. The Bertz CT molecular complexity index is 709. The zero-order valence-corrected chi connectivity index (χ0v) is 12.0. The fraction of sp³-hybridized carbons (Fsp3) is 0.267. The van der Waals surface area contributed by atoms with Crippen LogP contribution in [0.3, 0.4) is 0 Å². The van der Waals surface area contributed by atoms with Gasteiger partial charge < -0.3 is 4.90 Å². The summed E-state index contributed by atoms with van der Waals surface area (Å²) in [5, 5.41) is 13.4. The molecule has 5 nitrogen and oxygen atoms in total. The molecular weight excluding hydrogens is 252 g/mol. The average Bonchev–Trinajstić information content (AvgIpc) is 2.70. The second-order valence-electron chi connectivity index (χ2n) is 4.66. The van der Waals surface area contributed by atoms with Crippen molar-refractivity contribution in [1.29, 1.82) is 5.26 Å². The number of rotatable bonds is 2. The summed E-state index contributed by atoms with van der Waals surface area (Å²) in [7, 11) is 3.48. The van der Waals surface area contributed by atoms with Gasteiger partial charge in [-0.3, -0.25) is 9.48 Å². The molecule has 0 unspecified atom stereocenters. The van der Waals surface area contributed by atoms with Crippen LogP contribution in [0.15, 0.2) is 24.3 Å². The number of carbonyl (C=O) groups excluding carboxylic acids is 1. The van der Waals surface area contributed by atoms with Crippen LogP contribution in [0.2, 0.25) is 0 Å². The molecule has 1 aromatic heterocycles. The van der Waals surface area contributed by atoms with Crippen LogP contribution < -0.4 is 4.90 Å². The van der Waals surface area contributed by atoms with Crippen molar-refractivity contribution in [2.75, 3.05) is 11.9 Å². The van der Waals surface area contributed by atoms with E-state index >= 15 is 0 Å². The Balaban J connectivity index is 2.46. The number of benzene rings is 1. The Hall–Kier alpha value is -2.61. The molecule has 5 heteroatoms. The lowest BCUT2D eigenvalue weighted by molar-refractivity contribution is 0.0991. The Morgan fingerprint density at radius 2 is 2.00 bits per heavy atom. The second kappa shape index (κ2) is 5.17. The molecule has 0 fully saturated rings. The van der Waals surface area contributed by atoms with Crippen molar-refractivity contribution in [3.8, 4) is 6.07 Å². The molecule has 2 aromatic rings. The molecule has 0 aliphatic heterocycles. The van der Waals surface area contributed by atoms with Crippen molar-refractivity contribution in [2.24, 2.45) is 7.05 Å². The molecule has 0 N–H and O–H groups in total. The summed E-state index contributed by atoms with van der Waals surface area (Å²) < 4.78 is 1.69. The normalized spacial score (nSPS) is 10.2. The molecule has 0 aliphatic rings. The first-order valence-corrected chi connectivity index (χ1v) is 6.24. The molecule has 0 aliphatic carbocycles. The van der Waals surface area contributed by atoms with E-state index in [4.69, 9.17) is 5.26 Å². The van der Waals surface area contributed by atoms with Gasteiger partial charge in [0.05, 0.1) is 22.5 Å². The Labute approximate surface area is 118 Å². The summed E-state index contributed by atoms with van der Waals surface area (Å²) in [6.45, 7) is 3.67. The van der Waals surface area contributed by atoms with Crippen molar-refractivity contribution in [2.45, 2.75) is 13.8 Å². The molecule has 0 bridgehead atoms. The zero-order chi connectivity index (χ0) is 14.9. The van der Waals surface area contributed by atoms with Gasteiger partial charge in [0.25, 0.3) is 5.91 Å². The number of carbonyl (C=O) groups is 1. The maximum Gasteiger partial charge on any atom is 0.261 e. The van der Waals surface area contributed by atoms with Crippen LogP contribution in [-0.4, -0.2) is 22.7 Å². The van der Waals surface area contributed by atoms with E-state index in [0.29, 0.717) is 22.5 Å². The number of hydrogen-bond acceptors (Lipinski definition) is 3. The number of para-hydroxylation sites is 1. The van der Waals surface area contributed by atoms with Gasteiger partial charge in [-0.05, 0) is 26.0 Å². The first-order valence-electron chi connectivity index (χ1n) is 6.24. The molecule has 102 valence electrons. The fourth-order valence-electron chi connectivity index (χ4n) is 2.22. The lowest BCUT2D eigenvalue weighted by Gasteiger charge is -2.18. The van der Waals surface area contributed by atoms with Crippen LogP contribution >= 0.6 is 0 Å². The van der Waals surface area contributed by atoms with E-state index in [1.807, 2.05) is 27.0 Å². The number of nitriles is 1. The van der Waals surface area contributed by atoms with Gasteiger partial charge in [0.15, 0.2) is 0 Å². The third-order valence-corrected chi connectivity index (χ3v) is 3.41. The molecule has 0 saturated heterocycles. The van der Waals surface area contributed by atoms with Gasteiger partial charge in [-0.15, -0.1) is 0 Å². The first kappa shape index (κ1) is 13.8. The number of amides is 1. The van der Waals surface area contributed by atoms with Gasteiger partial charge in [-0.1, -0.05) is 12.1 Å². The van der Waals surface area contributed by atoms with Crippen LogP contribution in [0.5, 0.6) is 0 Å². The summed E-state index contributed by atoms with van der Waals surface area (Å²) in [6.07, 6.45) is 0. The molecule has 2 rings (SSSR count). The van der Waals surface area contributed by atoms with Crippen molar-refractivity contribution >= 4 is 11.6 Å². The van der Waals surface area contributed by atoms with E-state index in [1.54, 1.807) is 29.9 Å². The molecule has 0 radical (unpaired) electrons. The Morgan fingerprint density at radius 3 is 2.55 bits per heavy atom. The van der Waals surface area contributed by atoms with Gasteiger partial charge >= 0.3 is 0 Å². The van der Waals surface area contributed by atoms with Crippen molar-refractivity contribution in [3.63, 3.8) is 0 Å². The van der Waals surface area contributed by atoms with Gasteiger partial charge in [-0.2, -0.15) is 10.4 Å². The predicted octanol–water partition coefficient (Wildman–Crippen LogP) is 2.19. The van der Waals surface area contributed by atoms with E-state index in [2.05, 4.69) is 11.2 Å².